The van der Waals surface area contributed by atoms with Crippen LogP contribution in [0, 0.1) is 0 Å². The number of pyridine rings is 1. The molecule has 0 saturated carbocycles. The molecule has 1 aromatic heterocycles. The van der Waals surface area contributed by atoms with Gasteiger partial charge in [-0.05, 0) is 42.7 Å². The fraction of sp³-hybridized carbons (Fsp3) is 0.143. The Morgan fingerprint density at radius 2 is 1.86 bits per heavy atom. The van der Waals surface area contributed by atoms with Crippen LogP contribution in [0.15, 0.2) is 54.7 Å². The van der Waals surface area contributed by atoms with E-state index in [1.165, 1.54) is 6.20 Å². The van der Waals surface area contributed by atoms with Crippen molar-refractivity contribution in [2.75, 3.05) is 11.4 Å². The Bertz CT molecular complexity index is 1060. The average Bonchev–Trinajstić information content (AvgIpc) is 2.71. The lowest BCUT2D eigenvalue weighted by Crippen LogP contribution is -2.35. The van der Waals surface area contributed by atoms with Crippen molar-refractivity contribution < 1.29 is 9.53 Å². The van der Waals surface area contributed by atoms with Gasteiger partial charge in [0.1, 0.15) is 11.3 Å². The Morgan fingerprint density at radius 3 is 2.71 bits per heavy atom. The number of anilines is 1. The van der Waals surface area contributed by atoms with Gasteiger partial charge in [0, 0.05) is 29.5 Å². The highest BCUT2D eigenvalue weighted by Crippen LogP contribution is 2.35. The molecule has 0 spiro atoms. The van der Waals surface area contributed by atoms with E-state index in [1.54, 1.807) is 29.2 Å². The summed E-state index contributed by atoms with van der Waals surface area (Å²) in [7, 11) is 0. The van der Waals surface area contributed by atoms with Gasteiger partial charge >= 0.3 is 0 Å². The van der Waals surface area contributed by atoms with E-state index in [-0.39, 0.29) is 17.4 Å². The largest absolute Gasteiger partial charge is 0.437 e. The second-order valence-electron chi connectivity index (χ2n) is 6.37. The lowest BCUT2D eigenvalue weighted by atomic mass is 10.0. The predicted molar refractivity (Wildman–Crippen MR) is 112 cm³/mol. The first kappa shape index (κ1) is 19.1. The van der Waals surface area contributed by atoms with Gasteiger partial charge in [-0.1, -0.05) is 53.0 Å². The van der Waals surface area contributed by atoms with E-state index in [2.05, 4.69) is 4.98 Å². The summed E-state index contributed by atoms with van der Waals surface area (Å²) in [4.78, 5) is 19.3. The van der Waals surface area contributed by atoms with Gasteiger partial charge in [-0.25, -0.2) is 4.98 Å². The normalized spacial score (nSPS) is 13.2. The number of halogens is 3. The van der Waals surface area contributed by atoms with Gasteiger partial charge in [0.2, 0.25) is 5.88 Å². The summed E-state index contributed by atoms with van der Waals surface area (Å²) in [5.41, 5.74) is 2.29. The number of hydrogen-bond donors (Lipinski definition) is 0. The summed E-state index contributed by atoms with van der Waals surface area (Å²) < 4.78 is 5.84. The first-order chi connectivity index (χ1) is 13.5. The van der Waals surface area contributed by atoms with Crippen molar-refractivity contribution in [2.45, 2.75) is 12.8 Å². The third kappa shape index (κ3) is 3.81. The second-order valence-corrected chi connectivity index (χ2v) is 7.65. The quantitative estimate of drug-likeness (QED) is 0.478. The smallest absolute Gasteiger partial charge is 0.263 e. The van der Waals surface area contributed by atoms with Crippen LogP contribution >= 0.6 is 34.8 Å². The van der Waals surface area contributed by atoms with Gasteiger partial charge in [-0.15, -0.1) is 0 Å². The van der Waals surface area contributed by atoms with Crippen LogP contribution in [0.5, 0.6) is 11.6 Å². The Balaban J connectivity index is 1.73. The highest BCUT2D eigenvalue weighted by atomic mass is 35.5. The van der Waals surface area contributed by atoms with Gasteiger partial charge < -0.3 is 9.64 Å². The van der Waals surface area contributed by atoms with Crippen molar-refractivity contribution in [3.05, 3.63) is 80.9 Å². The number of carbonyl (C=O) groups excluding carboxylic acids is 1. The fourth-order valence-corrected chi connectivity index (χ4v) is 3.69. The van der Waals surface area contributed by atoms with Gasteiger partial charge in [0.15, 0.2) is 0 Å². The number of para-hydroxylation sites is 1. The van der Waals surface area contributed by atoms with Crippen molar-refractivity contribution in [2.24, 2.45) is 0 Å². The number of hydrogen-bond acceptors (Lipinski definition) is 3. The summed E-state index contributed by atoms with van der Waals surface area (Å²) in [5, 5.41) is 1.17. The van der Waals surface area contributed by atoms with Crippen LogP contribution in [0.1, 0.15) is 22.3 Å². The first-order valence-corrected chi connectivity index (χ1v) is 9.84. The van der Waals surface area contributed by atoms with E-state index in [4.69, 9.17) is 39.5 Å². The number of nitrogens with zero attached hydrogens (tertiary/aromatic N) is 2. The maximum Gasteiger partial charge on any atom is 0.263 e. The summed E-state index contributed by atoms with van der Waals surface area (Å²) >= 11 is 18.3. The van der Waals surface area contributed by atoms with Gasteiger partial charge in [0.05, 0.1) is 10.0 Å². The Kier molecular flexibility index (Phi) is 5.44. The monoisotopic (exact) mass is 432 g/mol. The molecule has 0 unspecified atom stereocenters. The minimum atomic E-state index is -0.227. The number of amides is 1. The minimum absolute atomic E-state index is 0.127. The van der Waals surface area contributed by atoms with Gasteiger partial charge in [-0.3, -0.25) is 4.79 Å². The molecule has 142 valence electrons. The van der Waals surface area contributed by atoms with Crippen LogP contribution in [0.25, 0.3) is 0 Å². The molecule has 0 fully saturated rings. The molecule has 0 radical (unpaired) electrons. The zero-order valence-corrected chi connectivity index (χ0v) is 16.9. The van der Waals surface area contributed by atoms with Crippen molar-refractivity contribution in [1.82, 2.24) is 4.98 Å². The number of aryl methyl sites for hydroxylation is 1. The van der Waals surface area contributed by atoms with E-state index in [1.807, 2.05) is 24.3 Å². The lowest BCUT2D eigenvalue weighted by Gasteiger charge is -2.29. The Morgan fingerprint density at radius 1 is 1.04 bits per heavy atom. The highest BCUT2D eigenvalue weighted by Gasteiger charge is 2.27. The third-order valence-corrected chi connectivity index (χ3v) is 5.26. The van der Waals surface area contributed by atoms with Crippen LogP contribution in [-0.2, 0) is 6.42 Å². The zero-order valence-electron chi connectivity index (χ0n) is 14.7. The molecule has 4 rings (SSSR count). The zero-order chi connectivity index (χ0) is 19.7. The summed E-state index contributed by atoms with van der Waals surface area (Å²) in [6.45, 7) is 0.611. The SMILES string of the molecule is O=C(c1cc(Cl)cnc1Oc1cc(Cl)ccc1Cl)N1CCCc2ccccc21. The molecular weight excluding hydrogens is 419 g/mol. The molecular formula is C21H15Cl3N2O2. The topological polar surface area (TPSA) is 42.4 Å². The summed E-state index contributed by atoms with van der Waals surface area (Å²) in [5.74, 6) is 0.217. The Labute approximate surface area is 177 Å². The highest BCUT2D eigenvalue weighted by molar-refractivity contribution is 6.34. The molecule has 0 N–H and O–H groups in total. The average molecular weight is 434 g/mol. The van der Waals surface area contributed by atoms with Crippen molar-refractivity contribution >= 4 is 46.4 Å². The molecule has 1 amide bonds. The van der Waals surface area contributed by atoms with Crippen LogP contribution < -0.4 is 9.64 Å². The lowest BCUT2D eigenvalue weighted by molar-refractivity contribution is 0.0982. The molecule has 7 heteroatoms. The van der Waals surface area contributed by atoms with Crippen LogP contribution in [-0.4, -0.2) is 17.4 Å². The number of benzene rings is 2. The molecule has 3 aromatic rings. The number of aromatic nitrogens is 1. The molecule has 0 aliphatic carbocycles. The molecule has 0 bridgehead atoms. The first-order valence-electron chi connectivity index (χ1n) is 8.71. The van der Waals surface area contributed by atoms with Crippen LogP contribution in [0.4, 0.5) is 5.69 Å². The molecule has 0 atom stereocenters. The number of rotatable bonds is 3. The van der Waals surface area contributed by atoms with Crippen molar-refractivity contribution in [3.8, 4) is 11.6 Å². The second kappa shape index (κ2) is 8.00. The fourth-order valence-electron chi connectivity index (χ4n) is 3.21. The van der Waals surface area contributed by atoms with E-state index >= 15 is 0 Å². The molecule has 1 aliphatic heterocycles. The molecule has 28 heavy (non-hydrogen) atoms. The van der Waals surface area contributed by atoms with Crippen LogP contribution in [0.3, 0.4) is 0 Å². The van der Waals surface area contributed by atoms with E-state index in [9.17, 15) is 4.79 Å². The maximum absolute atomic E-state index is 13.4. The van der Waals surface area contributed by atoms with Gasteiger partial charge in [0.25, 0.3) is 5.91 Å². The molecule has 4 nitrogen and oxygen atoms in total. The minimum Gasteiger partial charge on any atom is -0.437 e. The molecule has 0 saturated heterocycles. The molecule has 1 aliphatic rings. The maximum atomic E-state index is 13.4. The number of carbonyl (C=O) groups is 1. The third-order valence-electron chi connectivity index (χ3n) is 4.50. The number of fused-ring (bicyclic) bond motifs is 1. The standard InChI is InChI=1S/C21H15Cl3N2O2/c22-14-7-8-17(24)19(11-14)28-20-16(10-15(23)12-25-20)21(27)26-9-3-5-13-4-1-2-6-18(13)26/h1-2,4,6-8,10-12H,3,5,9H2. The van der Waals surface area contributed by atoms with Gasteiger partial charge in [-0.2, -0.15) is 0 Å². The summed E-state index contributed by atoms with van der Waals surface area (Å²) in [6.07, 6.45) is 3.25. The van der Waals surface area contributed by atoms with Crippen molar-refractivity contribution in [1.29, 1.82) is 0 Å². The molecule has 2 heterocycles. The number of ether oxygens (including phenoxy) is 1. The van der Waals surface area contributed by atoms with Crippen LogP contribution in [0.2, 0.25) is 15.1 Å². The van der Waals surface area contributed by atoms with E-state index in [0.29, 0.717) is 27.4 Å². The Hall–Kier alpha value is -2.27. The van der Waals surface area contributed by atoms with E-state index < -0.39 is 0 Å². The van der Waals surface area contributed by atoms with Crippen molar-refractivity contribution in [3.63, 3.8) is 0 Å². The summed E-state index contributed by atoms with van der Waals surface area (Å²) in [6, 6.07) is 14.3. The van der Waals surface area contributed by atoms with E-state index in [0.717, 1.165) is 24.1 Å². The predicted octanol–water partition coefficient (Wildman–Crippen LogP) is 6.43. The molecule has 2 aromatic carbocycles.